The van der Waals surface area contributed by atoms with E-state index < -0.39 is 0 Å². The average Bonchev–Trinajstić information content (AvgIpc) is 3.32. The first-order chi connectivity index (χ1) is 12.6. The molecule has 0 saturated carbocycles. The molecule has 0 bridgehead atoms. The highest BCUT2D eigenvalue weighted by atomic mass is 16.5. The van der Waals surface area contributed by atoms with Crippen molar-refractivity contribution >= 4 is 5.91 Å². The third-order valence-corrected chi connectivity index (χ3v) is 4.73. The van der Waals surface area contributed by atoms with Crippen LogP contribution in [0.2, 0.25) is 0 Å². The Morgan fingerprint density at radius 2 is 2.15 bits per heavy atom. The number of methoxy groups -OCH3 is 1. The molecule has 1 aliphatic heterocycles. The second kappa shape index (κ2) is 8.33. The first-order valence-electron chi connectivity index (χ1n) is 9.11. The van der Waals surface area contributed by atoms with E-state index in [4.69, 9.17) is 4.74 Å². The second-order valence-electron chi connectivity index (χ2n) is 6.71. The fraction of sp³-hybridized carbons (Fsp3) is 0.474. The van der Waals surface area contributed by atoms with E-state index in [2.05, 4.69) is 28.2 Å². The molecule has 1 aromatic heterocycles. The molecular weight excluding hydrogens is 330 g/mol. The number of hydrazine groups is 1. The number of rotatable bonds is 7. The smallest absolute Gasteiger partial charge is 0.239 e. The quantitative estimate of drug-likeness (QED) is 0.707. The number of benzene rings is 1. The molecule has 1 saturated heterocycles. The van der Waals surface area contributed by atoms with Gasteiger partial charge in [-0.3, -0.25) is 10.2 Å². The Morgan fingerprint density at radius 1 is 1.38 bits per heavy atom. The average molecular weight is 357 g/mol. The normalized spacial score (nSPS) is 20.7. The molecule has 3 unspecified atom stereocenters. The molecule has 26 heavy (non-hydrogen) atoms. The van der Waals surface area contributed by atoms with Crippen molar-refractivity contribution < 1.29 is 9.53 Å². The first-order valence-corrected chi connectivity index (χ1v) is 9.11. The topological polar surface area (TPSA) is 80.2 Å². The number of ether oxygens (including phenoxy) is 1. The Balaban J connectivity index is 1.59. The third-order valence-electron chi connectivity index (χ3n) is 4.73. The van der Waals surface area contributed by atoms with Crippen molar-refractivity contribution in [2.24, 2.45) is 0 Å². The summed E-state index contributed by atoms with van der Waals surface area (Å²) in [5.41, 5.74) is 8.20. The zero-order valence-electron chi connectivity index (χ0n) is 15.5. The van der Waals surface area contributed by atoms with Crippen LogP contribution < -0.4 is 20.9 Å². The largest absolute Gasteiger partial charge is 0.497 e. The number of nitrogens with one attached hydrogen (secondary N) is 3. The lowest BCUT2D eigenvalue weighted by Gasteiger charge is -2.15. The molecule has 0 aliphatic carbocycles. The van der Waals surface area contributed by atoms with Gasteiger partial charge >= 0.3 is 0 Å². The summed E-state index contributed by atoms with van der Waals surface area (Å²) in [7, 11) is 1.64. The minimum absolute atomic E-state index is 0.0146. The van der Waals surface area contributed by atoms with Crippen LogP contribution in [-0.2, 0) is 4.79 Å². The molecule has 7 nitrogen and oxygen atoms in total. The lowest BCUT2D eigenvalue weighted by atomic mass is 10.1. The highest BCUT2D eigenvalue weighted by molar-refractivity contribution is 5.82. The number of carbonyl (C=O) groups is 1. The summed E-state index contributed by atoms with van der Waals surface area (Å²) in [6.07, 6.45) is 6.72. The van der Waals surface area contributed by atoms with Gasteiger partial charge in [-0.25, -0.2) is 10.1 Å². The lowest BCUT2D eigenvalue weighted by molar-refractivity contribution is -0.123. The summed E-state index contributed by atoms with van der Waals surface area (Å²) in [6.45, 7) is 4.12. The predicted octanol–water partition coefficient (Wildman–Crippen LogP) is 2.09. The van der Waals surface area contributed by atoms with Gasteiger partial charge in [-0.1, -0.05) is 13.3 Å². The molecule has 3 rings (SSSR count). The van der Waals surface area contributed by atoms with E-state index in [9.17, 15) is 4.79 Å². The monoisotopic (exact) mass is 357 g/mol. The molecule has 3 N–H and O–H groups in total. The SMILES string of the molecule is CCCC1CC(C(=O)NC(C)c2cnn(-c3ccc(OC)cc3)c2)NN1. The summed E-state index contributed by atoms with van der Waals surface area (Å²) in [4.78, 5) is 12.5. The van der Waals surface area contributed by atoms with E-state index in [1.807, 2.05) is 37.4 Å². The van der Waals surface area contributed by atoms with Crippen LogP contribution in [0.1, 0.15) is 44.7 Å². The van der Waals surface area contributed by atoms with E-state index in [0.717, 1.165) is 36.3 Å². The van der Waals surface area contributed by atoms with Gasteiger partial charge in [0, 0.05) is 17.8 Å². The maximum Gasteiger partial charge on any atom is 0.239 e. The van der Waals surface area contributed by atoms with Crippen LogP contribution in [0.3, 0.4) is 0 Å². The van der Waals surface area contributed by atoms with Gasteiger partial charge in [-0.05, 0) is 44.0 Å². The second-order valence-corrected chi connectivity index (χ2v) is 6.71. The molecule has 0 spiro atoms. The van der Waals surface area contributed by atoms with E-state index in [0.29, 0.717) is 6.04 Å². The van der Waals surface area contributed by atoms with Crippen LogP contribution in [0.15, 0.2) is 36.7 Å². The summed E-state index contributed by atoms with van der Waals surface area (Å²) in [6, 6.07) is 7.75. The van der Waals surface area contributed by atoms with E-state index >= 15 is 0 Å². The van der Waals surface area contributed by atoms with Gasteiger partial charge in [0.2, 0.25) is 5.91 Å². The van der Waals surface area contributed by atoms with Gasteiger partial charge in [0.1, 0.15) is 11.8 Å². The van der Waals surface area contributed by atoms with Gasteiger partial charge in [0.05, 0.1) is 25.0 Å². The van der Waals surface area contributed by atoms with Crippen LogP contribution in [0, 0.1) is 0 Å². The molecule has 140 valence electrons. The maximum atomic E-state index is 12.5. The Morgan fingerprint density at radius 3 is 2.85 bits per heavy atom. The van der Waals surface area contributed by atoms with Crippen LogP contribution in [0.25, 0.3) is 5.69 Å². The van der Waals surface area contributed by atoms with Crippen molar-refractivity contribution in [2.45, 2.75) is 51.2 Å². The Hall–Kier alpha value is -2.38. The Labute approximate surface area is 154 Å². The van der Waals surface area contributed by atoms with Gasteiger partial charge in [-0.2, -0.15) is 5.10 Å². The van der Waals surface area contributed by atoms with Crippen LogP contribution in [-0.4, -0.2) is 34.9 Å². The Bertz CT molecular complexity index is 728. The van der Waals surface area contributed by atoms with Gasteiger partial charge in [0.15, 0.2) is 0 Å². The number of nitrogens with zero attached hydrogens (tertiary/aromatic N) is 2. The third kappa shape index (κ3) is 4.23. The fourth-order valence-corrected chi connectivity index (χ4v) is 3.17. The maximum absolute atomic E-state index is 12.5. The molecule has 1 amide bonds. The zero-order valence-corrected chi connectivity index (χ0v) is 15.5. The van der Waals surface area contributed by atoms with Crippen molar-refractivity contribution in [1.82, 2.24) is 25.9 Å². The van der Waals surface area contributed by atoms with Crippen molar-refractivity contribution in [1.29, 1.82) is 0 Å². The van der Waals surface area contributed by atoms with Crippen molar-refractivity contribution in [3.63, 3.8) is 0 Å². The highest BCUT2D eigenvalue weighted by Crippen LogP contribution is 2.18. The predicted molar refractivity (Wildman–Crippen MR) is 100 cm³/mol. The Kier molecular flexibility index (Phi) is 5.90. The fourth-order valence-electron chi connectivity index (χ4n) is 3.17. The van der Waals surface area contributed by atoms with Crippen LogP contribution in [0.4, 0.5) is 0 Å². The zero-order chi connectivity index (χ0) is 18.5. The summed E-state index contributed by atoms with van der Waals surface area (Å²) in [5, 5.41) is 7.47. The standard InChI is InChI=1S/C19H27N5O2/c1-4-5-15-10-18(23-22-15)19(25)21-13(2)14-11-20-24(12-14)16-6-8-17(26-3)9-7-16/h6-9,11-13,15,18,22-23H,4-5,10H2,1-3H3,(H,21,25). The molecule has 2 aromatic rings. The number of carbonyl (C=O) groups excluding carboxylic acids is 1. The number of aromatic nitrogens is 2. The molecule has 3 atom stereocenters. The molecule has 7 heteroatoms. The van der Waals surface area contributed by atoms with E-state index in [-0.39, 0.29) is 18.0 Å². The van der Waals surface area contributed by atoms with Crippen LogP contribution in [0.5, 0.6) is 5.75 Å². The molecular formula is C19H27N5O2. The van der Waals surface area contributed by atoms with Gasteiger partial charge in [-0.15, -0.1) is 0 Å². The number of hydrogen-bond acceptors (Lipinski definition) is 5. The number of hydrogen-bond donors (Lipinski definition) is 3. The summed E-state index contributed by atoms with van der Waals surface area (Å²) in [5.74, 6) is 0.821. The van der Waals surface area contributed by atoms with E-state index in [1.165, 1.54) is 0 Å². The van der Waals surface area contributed by atoms with E-state index in [1.54, 1.807) is 18.0 Å². The summed E-state index contributed by atoms with van der Waals surface area (Å²) >= 11 is 0. The highest BCUT2D eigenvalue weighted by Gasteiger charge is 2.29. The minimum atomic E-state index is -0.189. The number of amides is 1. The molecule has 1 aromatic carbocycles. The molecule has 1 fully saturated rings. The molecule has 0 radical (unpaired) electrons. The molecule has 1 aliphatic rings. The first kappa shape index (κ1) is 18.4. The van der Waals surface area contributed by atoms with Crippen molar-refractivity contribution in [2.75, 3.05) is 7.11 Å². The molecule has 2 heterocycles. The minimum Gasteiger partial charge on any atom is -0.497 e. The van der Waals surface area contributed by atoms with Gasteiger partial charge < -0.3 is 10.1 Å². The lowest BCUT2D eigenvalue weighted by Crippen LogP contribution is -2.44. The van der Waals surface area contributed by atoms with Crippen molar-refractivity contribution in [3.8, 4) is 11.4 Å². The van der Waals surface area contributed by atoms with Crippen LogP contribution >= 0.6 is 0 Å². The van der Waals surface area contributed by atoms with Gasteiger partial charge in [0.25, 0.3) is 0 Å². The summed E-state index contributed by atoms with van der Waals surface area (Å²) < 4.78 is 6.97. The van der Waals surface area contributed by atoms with Crippen molar-refractivity contribution in [3.05, 3.63) is 42.2 Å².